The highest BCUT2D eigenvalue weighted by Gasteiger charge is 2.53. The number of hydrogen-bond donors (Lipinski definition) is 2. The molecule has 0 saturated heterocycles. The zero-order valence-electron chi connectivity index (χ0n) is 24.4. The third kappa shape index (κ3) is 6.53. The second-order valence-corrected chi connectivity index (χ2v) is 22.4. The monoisotopic (exact) mass is 544 g/mol. The van der Waals surface area contributed by atoms with Crippen molar-refractivity contribution in [2.24, 2.45) is 11.8 Å². The lowest BCUT2D eigenvalue weighted by atomic mass is 9.77. The number of carbonyl (C=O) groups is 1. The second-order valence-electron chi connectivity index (χ2n) is 13.5. The van der Waals surface area contributed by atoms with Crippen LogP contribution in [0.4, 0.5) is 0 Å². The fraction of sp³-hybridized carbons (Fsp3) is 0.700. The van der Waals surface area contributed by atoms with Crippen molar-refractivity contribution in [3.63, 3.8) is 0 Å². The van der Waals surface area contributed by atoms with Crippen LogP contribution in [0.25, 0.3) is 0 Å². The van der Waals surface area contributed by atoms with Crippen molar-refractivity contribution < 1.29 is 23.9 Å². The van der Waals surface area contributed by atoms with Crippen LogP contribution in [0.1, 0.15) is 83.8 Å². The van der Waals surface area contributed by atoms with Gasteiger partial charge in [0.2, 0.25) is 0 Å². The average Bonchev–Trinajstić information content (AvgIpc) is 3.26. The summed E-state index contributed by atoms with van der Waals surface area (Å²) in [4.78, 5) is 33.7. The summed E-state index contributed by atoms with van der Waals surface area (Å²) in [5, 5.41) is -0.183. The highest BCUT2D eigenvalue weighted by atomic mass is 28.4. The fourth-order valence-corrected chi connectivity index (χ4v) is 7.27. The van der Waals surface area contributed by atoms with Gasteiger partial charge in [0.05, 0.1) is 12.2 Å². The number of para-hydroxylation sites is 1. The highest BCUT2D eigenvalue weighted by molar-refractivity contribution is 6.73. The van der Waals surface area contributed by atoms with E-state index in [2.05, 4.69) is 45.6 Å². The minimum absolute atomic E-state index is 0.0703. The van der Waals surface area contributed by atoms with Crippen molar-refractivity contribution in [1.29, 1.82) is 0 Å². The lowest BCUT2D eigenvalue weighted by Gasteiger charge is -2.40. The van der Waals surface area contributed by atoms with Crippen LogP contribution < -0.4 is 4.74 Å². The van der Waals surface area contributed by atoms with Gasteiger partial charge in [-0.1, -0.05) is 51.7 Å². The van der Waals surface area contributed by atoms with Gasteiger partial charge in [-0.25, -0.2) is 0 Å². The first-order chi connectivity index (χ1) is 17.0. The quantitative estimate of drug-likeness (QED) is 0.208. The van der Waals surface area contributed by atoms with Gasteiger partial charge in [0.25, 0.3) is 0 Å². The molecule has 1 heterocycles. The Kier molecular flexibility index (Phi) is 8.81. The van der Waals surface area contributed by atoms with Crippen molar-refractivity contribution in [3.05, 3.63) is 29.3 Å². The average molecular weight is 545 g/mol. The molecule has 0 unspecified atom stereocenters. The zero-order valence-corrected chi connectivity index (χ0v) is 26.4. The van der Waals surface area contributed by atoms with Gasteiger partial charge in [0.1, 0.15) is 18.3 Å². The number of benzene rings is 1. The minimum atomic E-state index is -2.35. The molecule has 4 atom stereocenters. The zero-order chi connectivity index (χ0) is 27.8. The third-order valence-corrected chi connectivity index (χ3v) is 16.7. The molecule has 0 aromatic heterocycles. The maximum Gasteiger partial charge on any atom is 0.317 e. The van der Waals surface area contributed by atoms with Crippen LogP contribution in [0.2, 0.25) is 36.3 Å². The summed E-state index contributed by atoms with van der Waals surface area (Å²) in [6, 6.07) is 6.19. The maximum atomic E-state index is 11.7. The molecule has 5 nitrogen and oxygen atoms in total. The standard InChI is InChI=1S/C30H48O5Si2/c1-10-34-26(31)16-12-14-21-13-11-15-24-27-23(17-18-29(2,3)36(6,7)32)22(19-25(27)35-28(21)24)20-30(4,5)37(8,9)33/h11,13,15,22-23,25,27,32-33H,10,16-20H2,1-9H3/t22-,23-,25-,27-/m0/s1. The number of rotatable bonds is 9. The molecule has 2 N–H and O–H groups in total. The van der Waals surface area contributed by atoms with Gasteiger partial charge < -0.3 is 19.1 Å². The molecule has 1 fully saturated rings. The summed E-state index contributed by atoms with van der Waals surface area (Å²) in [7, 11) is -4.67. The van der Waals surface area contributed by atoms with Gasteiger partial charge in [-0.2, -0.15) is 0 Å². The molecule has 3 rings (SSSR count). The van der Waals surface area contributed by atoms with E-state index in [0.29, 0.717) is 18.4 Å². The minimum Gasteiger partial charge on any atom is -0.488 e. The van der Waals surface area contributed by atoms with E-state index < -0.39 is 16.6 Å². The molecule has 1 aromatic rings. The van der Waals surface area contributed by atoms with Crippen LogP contribution in [0.5, 0.6) is 5.75 Å². The highest BCUT2D eigenvalue weighted by Crippen LogP contribution is 2.59. The van der Waals surface area contributed by atoms with Gasteiger partial charge >= 0.3 is 5.97 Å². The first kappa shape index (κ1) is 30.0. The number of esters is 1. The smallest absolute Gasteiger partial charge is 0.317 e. The molecule has 0 spiro atoms. The number of ether oxygens (including phenoxy) is 2. The Morgan fingerprint density at radius 2 is 1.76 bits per heavy atom. The lowest BCUT2D eigenvalue weighted by Crippen LogP contribution is -2.41. The molecule has 1 aliphatic carbocycles. The molecular weight excluding hydrogens is 496 g/mol. The number of hydrogen-bond acceptors (Lipinski definition) is 5. The van der Waals surface area contributed by atoms with E-state index >= 15 is 0 Å². The Morgan fingerprint density at radius 1 is 1.11 bits per heavy atom. The number of fused-ring (bicyclic) bond motifs is 3. The van der Waals surface area contributed by atoms with E-state index in [9.17, 15) is 14.4 Å². The molecular formula is C30H48O5Si2. The molecule has 37 heavy (non-hydrogen) atoms. The predicted octanol–water partition coefficient (Wildman–Crippen LogP) is 6.60. The largest absolute Gasteiger partial charge is 0.488 e. The van der Waals surface area contributed by atoms with Gasteiger partial charge in [0, 0.05) is 11.5 Å². The molecule has 0 radical (unpaired) electrons. The van der Waals surface area contributed by atoms with Gasteiger partial charge in [0.15, 0.2) is 16.6 Å². The Balaban J connectivity index is 1.92. The topological polar surface area (TPSA) is 76.0 Å². The predicted molar refractivity (Wildman–Crippen MR) is 155 cm³/mol. The van der Waals surface area contributed by atoms with Gasteiger partial charge in [-0.3, -0.25) is 4.79 Å². The molecule has 206 valence electrons. The van der Waals surface area contributed by atoms with Gasteiger partial charge in [-0.15, -0.1) is 0 Å². The van der Waals surface area contributed by atoms with Crippen LogP contribution >= 0.6 is 0 Å². The fourth-order valence-electron chi connectivity index (χ4n) is 5.75. The summed E-state index contributed by atoms with van der Waals surface area (Å²) in [6.07, 6.45) is 4.12. The van der Waals surface area contributed by atoms with Crippen LogP contribution in [-0.4, -0.2) is 44.9 Å². The summed E-state index contributed by atoms with van der Waals surface area (Å²) < 4.78 is 11.6. The Hall–Kier alpha value is -1.60. The van der Waals surface area contributed by atoms with E-state index in [1.54, 1.807) is 6.92 Å². The SMILES string of the molecule is CCOC(=O)CC#Cc1cccc2c1O[C@H]1C[C@@H](CC(C)(C)[Si](C)(C)O)[C@H](CCC(C)(C)[Si](C)(C)O)[C@@H]21. The molecule has 2 aliphatic rings. The Morgan fingerprint density at radius 3 is 2.35 bits per heavy atom. The molecule has 0 amide bonds. The van der Waals surface area contributed by atoms with E-state index in [4.69, 9.17) is 9.47 Å². The third-order valence-electron chi connectivity index (χ3n) is 9.62. The van der Waals surface area contributed by atoms with Crippen molar-refractivity contribution in [3.8, 4) is 17.6 Å². The van der Waals surface area contributed by atoms with Crippen molar-refractivity contribution in [1.82, 2.24) is 0 Å². The van der Waals surface area contributed by atoms with Crippen LogP contribution in [-0.2, 0) is 9.53 Å². The summed E-state index contributed by atoms with van der Waals surface area (Å²) in [5.41, 5.74) is 2.05. The molecule has 1 aromatic carbocycles. The Bertz CT molecular complexity index is 1040. The van der Waals surface area contributed by atoms with Gasteiger partial charge in [-0.05, 0) is 86.8 Å². The number of carbonyl (C=O) groups excluding carboxylic acids is 1. The Labute approximate surface area is 226 Å². The van der Waals surface area contributed by atoms with E-state index in [1.807, 2.05) is 38.3 Å². The van der Waals surface area contributed by atoms with E-state index in [1.165, 1.54) is 5.56 Å². The van der Waals surface area contributed by atoms with E-state index in [-0.39, 0.29) is 34.5 Å². The first-order valence-corrected chi connectivity index (χ1v) is 19.8. The molecule has 1 saturated carbocycles. The molecule has 1 aliphatic heterocycles. The van der Waals surface area contributed by atoms with Crippen molar-refractivity contribution in [2.45, 2.75) is 115 Å². The lowest BCUT2D eigenvalue weighted by molar-refractivity contribution is -0.141. The first-order valence-electron chi connectivity index (χ1n) is 13.9. The van der Waals surface area contributed by atoms with Crippen LogP contribution in [0.3, 0.4) is 0 Å². The van der Waals surface area contributed by atoms with Crippen molar-refractivity contribution >= 4 is 22.6 Å². The summed E-state index contributed by atoms with van der Waals surface area (Å²) >= 11 is 0. The molecule has 0 bridgehead atoms. The van der Waals surface area contributed by atoms with Crippen molar-refractivity contribution in [2.75, 3.05) is 6.61 Å². The van der Waals surface area contributed by atoms with Crippen LogP contribution in [0, 0.1) is 23.7 Å². The summed E-state index contributed by atoms with van der Waals surface area (Å²) in [5.74, 6) is 7.83. The summed E-state index contributed by atoms with van der Waals surface area (Å²) in [6.45, 7) is 19.2. The van der Waals surface area contributed by atoms with E-state index in [0.717, 1.165) is 37.0 Å². The molecule has 7 heteroatoms. The second kappa shape index (κ2) is 10.9. The van der Waals surface area contributed by atoms with Crippen LogP contribution in [0.15, 0.2) is 18.2 Å². The normalized spacial score (nSPS) is 23.5. The maximum absolute atomic E-state index is 11.7.